The Kier molecular flexibility index (Phi) is 7.37. The number of piperidine rings is 1. The molecule has 2 N–H and O–H groups in total. The van der Waals surface area contributed by atoms with Gasteiger partial charge in [0.15, 0.2) is 0 Å². The number of likely N-dealkylation sites (tertiary alicyclic amines) is 1. The van der Waals surface area contributed by atoms with Crippen molar-refractivity contribution in [3.05, 3.63) is 71.2 Å². The van der Waals surface area contributed by atoms with Gasteiger partial charge in [-0.1, -0.05) is 24.3 Å². The van der Waals surface area contributed by atoms with Crippen molar-refractivity contribution in [3.8, 4) is 0 Å². The topological polar surface area (TPSA) is 74.7 Å². The van der Waals surface area contributed by atoms with E-state index < -0.39 is 41.1 Å². The average molecular weight is 516 g/mol. The van der Waals surface area contributed by atoms with Crippen molar-refractivity contribution in [1.29, 1.82) is 0 Å². The van der Waals surface area contributed by atoms with Crippen LogP contribution in [0.15, 0.2) is 48.7 Å². The van der Waals surface area contributed by atoms with Gasteiger partial charge < -0.3 is 20.1 Å². The van der Waals surface area contributed by atoms with E-state index in [1.165, 1.54) is 12.1 Å². The Hall–Kier alpha value is -3.33. The third-order valence-corrected chi connectivity index (χ3v) is 6.65. The van der Waals surface area contributed by atoms with Crippen LogP contribution in [0, 0.1) is 5.82 Å². The summed E-state index contributed by atoms with van der Waals surface area (Å²) in [5, 5.41) is 15.4. The van der Waals surface area contributed by atoms with Gasteiger partial charge >= 0.3 is 6.09 Å². The lowest BCUT2D eigenvalue weighted by molar-refractivity contribution is -0.0355. The highest BCUT2D eigenvalue weighted by molar-refractivity contribution is 5.91. The highest BCUT2D eigenvalue weighted by Gasteiger charge is 2.37. The highest BCUT2D eigenvalue weighted by atomic mass is 19.3. The van der Waals surface area contributed by atoms with Crippen molar-refractivity contribution >= 4 is 22.7 Å². The first-order valence-electron chi connectivity index (χ1n) is 12.3. The van der Waals surface area contributed by atoms with Crippen molar-refractivity contribution in [2.75, 3.05) is 18.4 Å². The Labute approximate surface area is 214 Å². The van der Waals surface area contributed by atoms with Crippen LogP contribution < -0.4 is 5.32 Å². The maximum absolute atomic E-state index is 14.7. The minimum atomic E-state index is -2.90. The number of ether oxygens (including phenoxy) is 1. The molecule has 0 bridgehead atoms. The summed E-state index contributed by atoms with van der Waals surface area (Å²) in [5.41, 5.74) is -0.268. The zero-order valence-electron chi connectivity index (χ0n) is 21.4. The quantitative estimate of drug-likeness (QED) is 0.395. The van der Waals surface area contributed by atoms with Crippen LogP contribution in [-0.4, -0.2) is 39.8 Å². The number of amides is 1. The van der Waals surface area contributed by atoms with Crippen LogP contribution in [0.25, 0.3) is 10.9 Å². The number of aromatic nitrogens is 1. The SMILES string of the molecule is C[C@@H](Nc1ccnc2ccc(C3(O)CCN(C(=O)OC(C)(C)C)CC3)cc12)c1cccc(C(F)F)c1F. The standard InChI is InChI=1S/C28H32F3N3O3/c1-17(19-6-5-7-20(24(19)29)25(30)31)33-23-10-13-32-22-9-8-18(16-21(22)23)28(36)11-14-34(15-12-28)26(35)37-27(2,3)4/h5-10,13,16-17,25,36H,11-12,14-15H2,1-4H3,(H,32,33)/t17-/m1/s1. The molecule has 3 aromatic rings. The first-order valence-corrected chi connectivity index (χ1v) is 12.3. The van der Waals surface area contributed by atoms with Crippen molar-refractivity contribution in [2.24, 2.45) is 0 Å². The number of anilines is 1. The monoisotopic (exact) mass is 515 g/mol. The molecule has 1 fully saturated rings. The van der Waals surface area contributed by atoms with Crippen LogP contribution >= 0.6 is 0 Å². The molecule has 198 valence electrons. The second-order valence-electron chi connectivity index (χ2n) is 10.5. The molecule has 6 nitrogen and oxygen atoms in total. The third-order valence-electron chi connectivity index (χ3n) is 6.65. The largest absolute Gasteiger partial charge is 0.444 e. The van der Waals surface area contributed by atoms with Gasteiger partial charge in [0.2, 0.25) is 0 Å². The molecule has 0 radical (unpaired) electrons. The Balaban J connectivity index is 1.57. The summed E-state index contributed by atoms with van der Waals surface area (Å²) < 4.78 is 46.5. The van der Waals surface area contributed by atoms with E-state index in [1.54, 1.807) is 30.2 Å². The van der Waals surface area contributed by atoms with E-state index in [0.29, 0.717) is 48.1 Å². The fourth-order valence-corrected chi connectivity index (χ4v) is 4.62. The minimum Gasteiger partial charge on any atom is -0.444 e. The molecule has 2 heterocycles. The second kappa shape index (κ2) is 10.2. The second-order valence-corrected chi connectivity index (χ2v) is 10.5. The first kappa shape index (κ1) is 26.7. The van der Waals surface area contributed by atoms with E-state index in [4.69, 9.17) is 4.74 Å². The fraction of sp³-hybridized carbons (Fsp3) is 0.429. The molecule has 1 aliphatic rings. The third kappa shape index (κ3) is 5.82. The molecule has 0 unspecified atom stereocenters. The van der Waals surface area contributed by atoms with Gasteiger partial charge in [-0.2, -0.15) is 0 Å². The molecule has 1 atom stereocenters. The lowest BCUT2D eigenvalue weighted by Gasteiger charge is -2.39. The zero-order chi connectivity index (χ0) is 27.0. The number of carbonyl (C=O) groups is 1. The highest BCUT2D eigenvalue weighted by Crippen LogP contribution is 2.37. The van der Waals surface area contributed by atoms with Crippen LogP contribution in [0.2, 0.25) is 0 Å². The number of aliphatic hydroxyl groups is 1. The number of pyridine rings is 1. The summed E-state index contributed by atoms with van der Waals surface area (Å²) in [6, 6.07) is 10.6. The molecule has 1 amide bonds. The normalized spacial score (nSPS) is 16.6. The van der Waals surface area contributed by atoms with Crippen LogP contribution in [0.1, 0.15) is 69.7 Å². The smallest absolute Gasteiger partial charge is 0.410 e. The summed E-state index contributed by atoms with van der Waals surface area (Å²) >= 11 is 0. The fourth-order valence-electron chi connectivity index (χ4n) is 4.62. The zero-order valence-corrected chi connectivity index (χ0v) is 21.4. The van der Waals surface area contributed by atoms with Crippen molar-refractivity contribution in [1.82, 2.24) is 9.88 Å². The number of hydrogen-bond donors (Lipinski definition) is 2. The van der Waals surface area contributed by atoms with Crippen LogP contribution in [0.4, 0.5) is 23.7 Å². The number of alkyl halides is 2. The molecular formula is C28H32F3N3O3. The number of benzene rings is 2. The van der Waals surface area contributed by atoms with Gasteiger partial charge in [0.1, 0.15) is 11.4 Å². The molecule has 0 spiro atoms. The Morgan fingerprint density at radius 3 is 2.46 bits per heavy atom. The number of carbonyl (C=O) groups excluding carboxylic acids is 1. The summed E-state index contributed by atoms with van der Waals surface area (Å²) in [6.45, 7) is 7.82. The molecule has 0 aliphatic carbocycles. The van der Waals surface area contributed by atoms with E-state index in [2.05, 4.69) is 10.3 Å². The van der Waals surface area contributed by atoms with Crippen LogP contribution in [0.3, 0.4) is 0 Å². The number of rotatable bonds is 5. The van der Waals surface area contributed by atoms with Gasteiger partial charge in [0.05, 0.1) is 22.7 Å². The Morgan fingerprint density at radius 1 is 1.14 bits per heavy atom. The molecule has 4 rings (SSSR count). The Bertz CT molecular complexity index is 1280. The van der Waals surface area contributed by atoms with E-state index >= 15 is 0 Å². The van der Waals surface area contributed by atoms with Gasteiger partial charge in [0, 0.05) is 35.9 Å². The summed E-state index contributed by atoms with van der Waals surface area (Å²) in [7, 11) is 0. The maximum Gasteiger partial charge on any atom is 0.410 e. The molecule has 1 saturated heterocycles. The van der Waals surface area contributed by atoms with Crippen LogP contribution in [-0.2, 0) is 10.3 Å². The number of nitrogens with one attached hydrogen (secondary N) is 1. The lowest BCUT2D eigenvalue weighted by atomic mass is 9.84. The molecule has 1 aliphatic heterocycles. The molecule has 2 aromatic carbocycles. The molecule has 9 heteroatoms. The van der Waals surface area contributed by atoms with Crippen molar-refractivity contribution < 1.29 is 27.8 Å². The molecular weight excluding hydrogens is 483 g/mol. The van der Waals surface area contributed by atoms with Gasteiger partial charge in [-0.25, -0.2) is 18.0 Å². The summed E-state index contributed by atoms with van der Waals surface area (Å²) in [5.74, 6) is -0.928. The maximum atomic E-state index is 14.7. The van der Waals surface area contributed by atoms with Gasteiger partial charge in [-0.3, -0.25) is 4.98 Å². The van der Waals surface area contributed by atoms with Crippen molar-refractivity contribution in [3.63, 3.8) is 0 Å². The first-order chi connectivity index (χ1) is 17.4. The molecule has 1 aromatic heterocycles. The number of fused-ring (bicyclic) bond motifs is 1. The summed E-state index contributed by atoms with van der Waals surface area (Å²) in [4.78, 5) is 18.4. The molecule has 0 saturated carbocycles. The number of nitrogens with zero attached hydrogens (tertiary/aromatic N) is 2. The number of hydrogen-bond acceptors (Lipinski definition) is 5. The van der Waals surface area contributed by atoms with E-state index in [1.807, 2.05) is 32.9 Å². The predicted molar refractivity (Wildman–Crippen MR) is 136 cm³/mol. The average Bonchev–Trinajstić information content (AvgIpc) is 2.83. The van der Waals surface area contributed by atoms with Crippen molar-refractivity contribution in [2.45, 2.75) is 64.2 Å². The number of halogens is 3. The van der Waals surface area contributed by atoms with Gasteiger partial charge in [0.25, 0.3) is 6.43 Å². The minimum absolute atomic E-state index is 0.132. The van der Waals surface area contributed by atoms with Gasteiger partial charge in [-0.05, 0) is 64.3 Å². The van der Waals surface area contributed by atoms with Crippen LogP contribution in [0.5, 0.6) is 0 Å². The lowest BCUT2D eigenvalue weighted by Crippen LogP contribution is -2.46. The Morgan fingerprint density at radius 2 is 1.81 bits per heavy atom. The molecule has 37 heavy (non-hydrogen) atoms. The van der Waals surface area contributed by atoms with E-state index in [-0.39, 0.29) is 5.56 Å². The van der Waals surface area contributed by atoms with E-state index in [9.17, 15) is 23.1 Å². The van der Waals surface area contributed by atoms with Gasteiger partial charge in [-0.15, -0.1) is 0 Å². The predicted octanol–water partition coefficient (Wildman–Crippen LogP) is 6.70. The summed E-state index contributed by atoms with van der Waals surface area (Å²) in [6.07, 6.45) is -1.03. The van der Waals surface area contributed by atoms with E-state index in [0.717, 1.165) is 6.07 Å².